The van der Waals surface area contributed by atoms with E-state index in [1.807, 2.05) is 0 Å². The molecule has 0 saturated heterocycles. The zero-order chi connectivity index (χ0) is 17.8. The summed E-state index contributed by atoms with van der Waals surface area (Å²) in [6.45, 7) is 0. The van der Waals surface area contributed by atoms with Crippen LogP contribution in [0, 0.1) is 11.6 Å². The van der Waals surface area contributed by atoms with Gasteiger partial charge in [-0.15, -0.1) is 0 Å². The number of benzene rings is 2. The molecule has 0 fully saturated rings. The molecule has 1 amide bonds. The predicted octanol–water partition coefficient (Wildman–Crippen LogP) is 5.01. The Balaban J connectivity index is 1.69. The molecule has 3 aromatic rings. The third kappa shape index (κ3) is 4.30. The first-order valence-electron chi connectivity index (χ1n) is 7.26. The molecular weight excluding hydrogens is 348 g/mol. The van der Waals surface area contributed by atoms with Crippen molar-refractivity contribution in [3.8, 4) is 0 Å². The van der Waals surface area contributed by atoms with Gasteiger partial charge in [0, 0.05) is 16.7 Å². The summed E-state index contributed by atoms with van der Waals surface area (Å²) in [4.78, 5) is 16.2. The highest BCUT2D eigenvalue weighted by Crippen LogP contribution is 2.21. The van der Waals surface area contributed by atoms with E-state index in [2.05, 4.69) is 15.6 Å². The summed E-state index contributed by atoms with van der Waals surface area (Å²) in [7, 11) is 0. The summed E-state index contributed by atoms with van der Waals surface area (Å²) in [6, 6.07) is 12.9. The van der Waals surface area contributed by atoms with Gasteiger partial charge in [0.25, 0.3) is 5.91 Å². The molecule has 0 aliphatic heterocycles. The molecule has 25 heavy (non-hydrogen) atoms. The molecule has 1 aromatic heterocycles. The van der Waals surface area contributed by atoms with E-state index < -0.39 is 11.6 Å². The molecule has 0 saturated carbocycles. The lowest BCUT2D eigenvalue weighted by Crippen LogP contribution is -2.12. The fourth-order valence-electron chi connectivity index (χ4n) is 2.11. The second-order valence-electron chi connectivity index (χ2n) is 5.15. The summed E-state index contributed by atoms with van der Waals surface area (Å²) >= 11 is 5.85. The first-order chi connectivity index (χ1) is 12.0. The molecule has 0 spiro atoms. The minimum absolute atomic E-state index is 0.124. The number of nitrogens with one attached hydrogen (secondary N) is 2. The van der Waals surface area contributed by atoms with Crippen molar-refractivity contribution < 1.29 is 13.6 Å². The number of anilines is 3. The summed E-state index contributed by atoms with van der Waals surface area (Å²) in [6.07, 6.45) is 1.43. The molecule has 0 atom stereocenters. The zero-order valence-corrected chi connectivity index (χ0v) is 13.5. The lowest BCUT2D eigenvalue weighted by atomic mass is 10.2. The van der Waals surface area contributed by atoms with Gasteiger partial charge in [-0.3, -0.25) is 4.79 Å². The highest BCUT2D eigenvalue weighted by molar-refractivity contribution is 6.31. The van der Waals surface area contributed by atoms with Crippen molar-refractivity contribution in [3.05, 3.63) is 83.0 Å². The monoisotopic (exact) mass is 359 g/mol. The summed E-state index contributed by atoms with van der Waals surface area (Å²) < 4.78 is 26.5. The number of carbonyl (C=O) groups is 1. The Hall–Kier alpha value is -2.99. The molecule has 1 heterocycles. The van der Waals surface area contributed by atoms with Gasteiger partial charge in [-0.1, -0.05) is 17.7 Å². The number of halogens is 3. The van der Waals surface area contributed by atoms with Crippen LogP contribution in [0.2, 0.25) is 5.02 Å². The van der Waals surface area contributed by atoms with Crippen molar-refractivity contribution >= 4 is 34.7 Å². The topological polar surface area (TPSA) is 54.0 Å². The van der Waals surface area contributed by atoms with Gasteiger partial charge in [0.2, 0.25) is 0 Å². The van der Waals surface area contributed by atoms with Crippen molar-refractivity contribution in [2.24, 2.45) is 0 Å². The van der Waals surface area contributed by atoms with E-state index in [0.717, 1.165) is 12.1 Å². The fourth-order valence-corrected chi connectivity index (χ4v) is 2.30. The van der Waals surface area contributed by atoms with Crippen LogP contribution < -0.4 is 10.6 Å². The number of hydrogen-bond acceptors (Lipinski definition) is 3. The Morgan fingerprint density at radius 3 is 2.56 bits per heavy atom. The molecule has 7 heteroatoms. The van der Waals surface area contributed by atoms with Gasteiger partial charge >= 0.3 is 0 Å². The lowest BCUT2D eigenvalue weighted by Gasteiger charge is -2.09. The Morgan fingerprint density at radius 1 is 1.04 bits per heavy atom. The maximum Gasteiger partial charge on any atom is 0.256 e. The van der Waals surface area contributed by atoms with Crippen LogP contribution in [-0.2, 0) is 0 Å². The normalized spacial score (nSPS) is 10.4. The van der Waals surface area contributed by atoms with Crippen LogP contribution in [-0.4, -0.2) is 10.9 Å². The molecule has 0 radical (unpaired) electrons. The number of rotatable bonds is 4. The number of nitrogens with zero attached hydrogens (tertiary/aromatic N) is 1. The second kappa shape index (κ2) is 7.27. The van der Waals surface area contributed by atoms with Gasteiger partial charge in [-0.25, -0.2) is 13.8 Å². The first kappa shape index (κ1) is 16.9. The maximum atomic E-state index is 13.6. The van der Waals surface area contributed by atoms with Crippen LogP contribution in [0.3, 0.4) is 0 Å². The van der Waals surface area contributed by atoms with Crippen molar-refractivity contribution in [3.63, 3.8) is 0 Å². The molecule has 0 aliphatic rings. The fraction of sp³-hybridized carbons (Fsp3) is 0. The summed E-state index contributed by atoms with van der Waals surface area (Å²) in [5.41, 5.74) is 1.02. The molecule has 2 aromatic carbocycles. The molecule has 0 aliphatic carbocycles. The molecule has 0 unspecified atom stereocenters. The van der Waals surface area contributed by atoms with Gasteiger partial charge in [-0.05, 0) is 42.5 Å². The van der Waals surface area contributed by atoms with E-state index in [-0.39, 0.29) is 11.6 Å². The van der Waals surface area contributed by atoms with E-state index in [1.165, 1.54) is 12.3 Å². The minimum Gasteiger partial charge on any atom is -0.352 e. The maximum absolute atomic E-state index is 13.6. The smallest absolute Gasteiger partial charge is 0.256 e. The Bertz CT molecular complexity index is 916. The third-order valence-corrected chi connectivity index (χ3v) is 3.54. The molecular formula is C18H12ClF2N3O. The van der Waals surface area contributed by atoms with E-state index >= 15 is 0 Å². The van der Waals surface area contributed by atoms with Crippen molar-refractivity contribution in [2.75, 3.05) is 10.6 Å². The summed E-state index contributed by atoms with van der Waals surface area (Å²) in [5, 5.41) is 5.88. The summed E-state index contributed by atoms with van der Waals surface area (Å²) in [5.74, 6) is -1.38. The lowest BCUT2D eigenvalue weighted by molar-refractivity contribution is 0.102. The number of carbonyl (C=O) groups excluding carboxylic acids is 1. The van der Waals surface area contributed by atoms with Gasteiger partial charge in [0.1, 0.15) is 17.5 Å². The molecule has 126 valence electrons. The van der Waals surface area contributed by atoms with Crippen LogP contribution >= 0.6 is 11.6 Å². The highest BCUT2D eigenvalue weighted by Gasteiger charge is 2.08. The zero-order valence-electron chi connectivity index (χ0n) is 12.8. The number of aromatic nitrogens is 1. The number of pyridine rings is 1. The average Bonchev–Trinajstić information content (AvgIpc) is 2.59. The Morgan fingerprint density at radius 2 is 1.88 bits per heavy atom. The SMILES string of the molecule is O=C(Nc1ccc(Nc2ccc(F)cc2F)cn1)c1cccc(Cl)c1. The van der Waals surface area contributed by atoms with E-state index in [0.29, 0.717) is 22.1 Å². The largest absolute Gasteiger partial charge is 0.352 e. The standard InChI is InChI=1S/C18H12ClF2N3O/c19-12-3-1-2-11(8-12)18(25)24-17-7-5-14(10-22-17)23-16-6-4-13(20)9-15(16)21/h1-10,23H,(H,22,24,25). The van der Waals surface area contributed by atoms with Crippen LogP contribution in [0.4, 0.5) is 26.0 Å². The molecule has 4 nitrogen and oxygen atoms in total. The van der Waals surface area contributed by atoms with E-state index in [4.69, 9.17) is 11.6 Å². The van der Waals surface area contributed by atoms with E-state index in [9.17, 15) is 13.6 Å². The van der Waals surface area contributed by atoms with Gasteiger partial charge in [-0.2, -0.15) is 0 Å². The van der Waals surface area contributed by atoms with Crippen LogP contribution in [0.25, 0.3) is 0 Å². The minimum atomic E-state index is -0.710. The molecule has 0 bridgehead atoms. The van der Waals surface area contributed by atoms with E-state index in [1.54, 1.807) is 36.4 Å². The first-order valence-corrected chi connectivity index (χ1v) is 7.64. The third-order valence-electron chi connectivity index (χ3n) is 3.30. The van der Waals surface area contributed by atoms with Crippen molar-refractivity contribution in [1.29, 1.82) is 0 Å². The van der Waals surface area contributed by atoms with Crippen LogP contribution in [0.15, 0.2) is 60.8 Å². The Labute approximate surface area is 147 Å². The van der Waals surface area contributed by atoms with Crippen LogP contribution in [0.1, 0.15) is 10.4 Å². The quantitative estimate of drug-likeness (QED) is 0.688. The Kier molecular flexibility index (Phi) is 4.90. The number of amides is 1. The highest BCUT2D eigenvalue weighted by atomic mass is 35.5. The predicted molar refractivity (Wildman–Crippen MR) is 93.3 cm³/mol. The van der Waals surface area contributed by atoms with Crippen molar-refractivity contribution in [2.45, 2.75) is 0 Å². The second-order valence-corrected chi connectivity index (χ2v) is 5.58. The van der Waals surface area contributed by atoms with Gasteiger partial charge in [0.05, 0.1) is 17.6 Å². The molecule has 3 rings (SSSR count). The van der Waals surface area contributed by atoms with Gasteiger partial charge < -0.3 is 10.6 Å². The number of hydrogen-bond donors (Lipinski definition) is 2. The molecule has 2 N–H and O–H groups in total. The average molecular weight is 360 g/mol. The van der Waals surface area contributed by atoms with Crippen molar-refractivity contribution in [1.82, 2.24) is 4.98 Å². The van der Waals surface area contributed by atoms with Crippen LogP contribution in [0.5, 0.6) is 0 Å². The van der Waals surface area contributed by atoms with Gasteiger partial charge in [0.15, 0.2) is 0 Å².